The second-order valence-corrected chi connectivity index (χ2v) is 4.52. The van der Waals surface area contributed by atoms with Gasteiger partial charge in [0.1, 0.15) is 11.6 Å². The molecule has 0 aromatic heterocycles. The minimum atomic E-state index is -1.67. The van der Waals surface area contributed by atoms with Gasteiger partial charge in [-0.05, 0) is 24.6 Å². The van der Waals surface area contributed by atoms with E-state index in [9.17, 15) is 14.3 Å². The van der Waals surface area contributed by atoms with Gasteiger partial charge in [-0.1, -0.05) is 28.1 Å². The Kier molecular flexibility index (Phi) is 4.04. The molecule has 88 valence electrons. The number of hydrogen-bond donors (Lipinski definition) is 2. The maximum atomic E-state index is 13.6. The van der Waals surface area contributed by atoms with E-state index in [1.807, 2.05) is 0 Å². The van der Waals surface area contributed by atoms with E-state index in [-0.39, 0.29) is 6.54 Å². The summed E-state index contributed by atoms with van der Waals surface area (Å²) in [6.45, 7) is 0.935. The summed E-state index contributed by atoms with van der Waals surface area (Å²) in [4.78, 5) is 11.2. The third-order valence-electron chi connectivity index (χ3n) is 2.74. The maximum Gasteiger partial charge on any atom is 0.318 e. The van der Waals surface area contributed by atoms with Crippen molar-refractivity contribution in [3.63, 3.8) is 0 Å². The van der Waals surface area contributed by atoms with Crippen LogP contribution in [0.15, 0.2) is 28.7 Å². The quantitative estimate of drug-likeness (QED) is 0.892. The normalized spacial score (nSPS) is 16.5. The number of carbonyl (C=O) groups is 1. The number of benzene rings is 1. The second-order valence-electron chi connectivity index (χ2n) is 3.60. The van der Waals surface area contributed by atoms with E-state index in [1.54, 1.807) is 24.3 Å². The number of hydrogen-bond acceptors (Lipinski definition) is 2. The number of alkyl halides is 1. The lowest BCUT2D eigenvalue weighted by molar-refractivity contribution is -0.146. The van der Waals surface area contributed by atoms with Gasteiger partial charge in [0.2, 0.25) is 0 Å². The SMILES string of the molecule is CC(F)C(CN)(C(=O)O)c1ccc(Br)cc1. The molecule has 0 saturated carbocycles. The van der Waals surface area contributed by atoms with Gasteiger partial charge in [0, 0.05) is 11.0 Å². The van der Waals surface area contributed by atoms with Crippen LogP contribution in [0.2, 0.25) is 0 Å². The summed E-state index contributed by atoms with van der Waals surface area (Å²) in [6.07, 6.45) is -1.56. The summed E-state index contributed by atoms with van der Waals surface area (Å²) in [5.74, 6) is -1.24. The zero-order valence-corrected chi connectivity index (χ0v) is 10.4. The zero-order valence-electron chi connectivity index (χ0n) is 8.78. The summed E-state index contributed by atoms with van der Waals surface area (Å²) in [5.41, 5.74) is 4.16. The van der Waals surface area contributed by atoms with Crippen molar-refractivity contribution in [3.05, 3.63) is 34.3 Å². The van der Waals surface area contributed by atoms with Gasteiger partial charge in [-0.15, -0.1) is 0 Å². The van der Waals surface area contributed by atoms with Crippen LogP contribution in [0.5, 0.6) is 0 Å². The first-order valence-corrected chi connectivity index (χ1v) is 5.58. The van der Waals surface area contributed by atoms with Crippen LogP contribution in [0.3, 0.4) is 0 Å². The van der Waals surface area contributed by atoms with Crippen molar-refractivity contribution in [2.24, 2.45) is 5.73 Å². The molecule has 3 nitrogen and oxygen atoms in total. The molecule has 0 amide bonds. The predicted octanol–water partition coefficient (Wildman–Crippen LogP) is 2.09. The van der Waals surface area contributed by atoms with Crippen LogP contribution in [0, 0.1) is 0 Å². The fraction of sp³-hybridized carbons (Fsp3) is 0.364. The summed E-state index contributed by atoms with van der Waals surface area (Å²) < 4.78 is 14.4. The number of aliphatic carboxylic acids is 1. The largest absolute Gasteiger partial charge is 0.480 e. The van der Waals surface area contributed by atoms with Crippen LogP contribution in [-0.4, -0.2) is 23.8 Å². The molecule has 0 bridgehead atoms. The van der Waals surface area contributed by atoms with Crippen LogP contribution >= 0.6 is 15.9 Å². The monoisotopic (exact) mass is 289 g/mol. The highest BCUT2D eigenvalue weighted by molar-refractivity contribution is 9.10. The van der Waals surface area contributed by atoms with Gasteiger partial charge in [0.25, 0.3) is 0 Å². The fourth-order valence-electron chi connectivity index (χ4n) is 1.64. The molecule has 5 heteroatoms. The van der Waals surface area contributed by atoms with Gasteiger partial charge in [-0.2, -0.15) is 0 Å². The topological polar surface area (TPSA) is 63.3 Å². The molecule has 0 radical (unpaired) electrons. The minimum absolute atomic E-state index is 0.276. The molecule has 0 spiro atoms. The smallest absolute Gasteiger partial charge is 0.318 e. The lowest BCUT2D eigenvalue weighted by atomic mass is 9.77. The van der Waals surface area contributed by atoms with E-state index in [4.69, 9.17) is 5.73 Å². The van der Waals surface area contributed by atoms with Crippen molar-refractivity contribution in [2.75, 3.05) is 6.54 Å². The van der Waals surface area contributed by atoms with Crippen molar-refractivity contribution in [3.8, 4) is 0 Å². The Hall–Kier alpha value is -0.940. The molecule has 0 aliphatic rings. The Morgan fingerprint density at radius 2 is 2.06 bits per heavy atom. The average Bonchev–Trinajstić information content (AvgIpc) is 2.21. The Bertz CT molecular complexity index is 380. The average molecular weight is 290 g/mol. The molecular formula is C11H13BrFNO2. The number of carboxylic acid groups (broad SMARTS) is 1. The molecule has 0 aliphatic carbocycles. The third-order valence-corrected chi connectivity index (χ3v) is 3.27. The first-order chi connectivity index (χ1) is 7.45. The van der Waals surface area contributed by atoms with Crippen LogP contribution in [0.4, 0.5) is 4.39 Å². The van der Waals surface area contributed by atoms with Crippen molar-refractivity contribution in [1.82, 2.24) is 0 Å². The molecule has 0 saturated heterocycles. The van der Waals surface area contributed by atoms with Crippen LogP contribution in [-0.2, 0) is 10.2 Å². The second kappa shape index (κ2) is 4.93. The van der Waals surface area contributed by atoms with E-state index in [0.29, 0.717) is 5.56 Å². The van der Waals surface area contributed by atoms with E-state index in [1.165, 1.54) is 6.92 Å². The third kappa shape index (κ3) is 2.10. The highest BCUT2D eigenvalue weighted by Gasteiger charge is 2.45. The van der Waals surface area contributed by atoms with Gasteiger partial charge >= 0.3 is 5.97 Å². The summed E-state index contributed by atoms with van der Waals surface area (Å²) in [7, 11) is 0. The highest BCUT2D eigenvalue weighted by Crippen LogP contribution is 2.30. The molecular weight excluding hydrogens is 277 g/mol. The molecule has 0 aliphatic heterocycles. The highest BCUT2D eigenvalue weighted by atomic mass is 79.9. The summed E-state index contributed by atoms with van der Waals surface area (Å²) in [5, 5.41) is 9.19. The number of carboxylic acids is 1. The molecule has 16 heavy (non-hydrogen) atoms. The van der Waals surface area contributed by atoms with Gasteiger partial charge in [0.15, 0.2) is 0 Å². The Balaban J connectivity index is 3.30. The summed E-state index contributed by atoms with van der Waals surface area (Å²) >= 11 is 3.24. The van der Waals surface area contributed by atoms with E-state index >= 15 is 0 Å². The first-order valence-electron chi connectivity index (χ1n) is 4.78. The lowest BCUT2D eigenvalue weighted by Gasteiger charge is -2.29. The number of halogens is 2. The van der Waals surface area contributed by atoms with Gasteiger partial charge in [-0.25, -0.2) is 4.39 Å². The van der Waals surface area contributed by atoms with Crippen molar-refractivity contribution >= 4 is 21.9 Å². The molecule has 1 aromatic rings. The van der Waals surface area contributed by atoms with E-state index in [2.05, 4.69) is 15.9 Å². The fourth-order valence-corrected chi connectivity index (χ4v) is 1.90. The molecule has 1 rings (SSSR count). The van der Waals surface area contributed by atoms with Gasteiger partial charge in [0.05, 0.1) is 0 Å². The standard InChI is InChI=1S/C11H13BrFNO2/c1-7(13)11(6-14,10(15)16)8-2-4-9(12)5-3-8/h2-5,7H,6,14H2,1H3,(H,15,16). The number of rotatable bonds is 4. The molecule has 0 fully saturated rings. The predicted molar refractivity (Wildman–Crippen MR) is 63.1 cm³/mol. The molecule has 2 atom stereocenters. The lowest BCUT2D eigenvalue weighted by Crippen LogP contribution is -2.49. The Labute approximate surface area is 102 Å². The van der Waals surface area contributed by atoms with Crippen molar-refractivity contribution < 1.29 is 14.3 Å². The van der Waals surface area contributed by atoms with Crippen molar-refractivity contribution in [2.45, 2.75) is 18.5 Å². The Morgan fingerprint density at radius 1 is 1.56 bits per heavy atom. The first kappa shape index (κ1) is 13.1. The summed E-state index contributed by atoms with van der Waals surface area (Å²) in [6, 6.07) is 6.48. The molecule has 1 aromatic carbocycles. The maximum absolute atomic E-state index is 13.6. The van der Waals surface area contributed by atoms with E-state index in [0.717, 1.165) is 4.47 Å². The molecule has 0 heterocycles. The van der Waals surface area contributed by atoms with Crippen LogP contribution in [0.1, 0.15) is 12.5 Å². The van der Waals surface area contributed by atoms with Gasteiger partial charge in [-0.3, -0.25) is 4.79 Å². The molecule has 2 unspecified atom stereocenters. The number of nitrogens with two attached hydrogens (primary N) is 1. The molecule has 3 N–H and O–H groups in total. The van der Waals surface area contributed by atoms with Crippen LogP contribution in [0.25, 0.3) is 0 Å². The Morgan fingerprint density at radius 3 is 2.38 bits per heavy atom. The minimum Gasteiger partial charge on any atom is -0.480 e. The van der Waals surface area contributed by atoms with E-state index < -0.39 is 17.6 Å². The zero-order chi connectivity index (χ0) is 12.3. The van der Waals surface area contributed by atoms with Crippen LogP contribution < -0.4 is 5.73 Å². The van der Waals surface area contributed by atoms with Gasteiger partial charge < -0.3 is 10.8 Å². The van der Waals surface area contributed by atoms with Crippen molar-refractivity contribution in [1.29, 1.82) is 0 Å².